The van der Waals surface area contributed by atoms with Crippen molar-refractivity contribution in [2.45, 2.75) is 18.3 Å². The van der Waals surface area contributed by atoms with Crippen molar-refractivity contribution in [3.05, 3.63) is 53.2 Å². The van der Waals surface area contributed by atoms with Crippen LogP contribution in [0.2, 0.25) is 0 Å². The average Bonchev–Trinajstić information content (AvgIpc) is 3.19. The molecule has 3 aromatic rings. The van der Waals surface area contributed by atoms with Crippen molar-refractivity contribution in [1.82, 2.24) is 9.97 Å². The molecule has 4 nitrogen and oxygen atoms in total. The average molecular weight is 282 g/mol. The molecule has 0 atom stereocenters. The highest BCUT2D eigenvalue weighted by molar-refractivity contribution is 7.16. The maximum Gasteiger partial charge on any atom is 0.152 e. The van der Waals surface area contributed by atoms with Gasteiger partial charge in [0.05, 0.1) is 10.8 Å². The van der Waals surface area contributed by atoms with Crippen molar-refractivity contribution >= 4 is 27.4 Å². The largest absolute Gasteiger partial charge is 0.308 e. The number of benzene rings is 1. The number of thiophene rings is 1. The Kier molecular flexibility index (Phi) is 2.52. The first-order valence-corrected chi connectivity index (χ1v) is 7.49. The predicted octanol–water partition coefficient (Wildman–Crippen LogP) is 3.06. The van der Waals surface area contributed by atoms with Gasteiger partial charge in [-0.3, -0.25) is 0 Å². The second-order valence-electron chi connectivity index (χ2n) is 5.13. The molecule has 4 rings (SSSR count). The zero-order chi connectivity index (χ0) is 13.6. The molecule has 20 heavy (non-hydrogen) atoms. The molecule has 1 fully saturated rings. The minimum atomic E-state index is -0.0228. The summed E-state index contributed by atoms with van der Waals surface area (Å²) in [6, 6.07) is 12.5. The molecule has 100 valence electrons. The van der Waals surface area contributed by atoms with Gasteiger partial charge in [0.2, 0.25) is 0 Å². The number of anilines is 1. The van der Waals surface area contributed by atoms with E-state index in [2.05, 4.69) is 34.7 Å². The second kappa shape index (κ2) is 4.26. The van der Waals surface area contributed by atoms with E-state index in [1.165, 1.54) is 5.56 Å². The van der Waals surface area contributed by atoms with E-state index >= 15 is 0 Å². The second-order valence-corrected chi connectivity index (χ2v) is 6.02. The standard InChI is InChI=1S/C15H14N4S/c16-19-12-11-6-9-20-13(11)18-14(17-12)15(7-8-15)10-4-2-1-3-5-10/h1-6,9H,7-8,16H2,(H,17,18,19). The van der Waals surface area contributed by atoms with Gasteiger partial charge in [-0.05, 0) is 29.9 Å². The van der Waals surface area contributed by atoms with Crippen LogP contribution < -0.4 is 11.3 Å². The number of nitrogens with zero attached hydrogens (tertiary/aromatic N) is 2. The molecule has 0 aliphatic heterocycles. The van der Waals surface area contributed by atoms with Crippen LogP contribution in [0.5, 0.6) is 0 Å². The number of nitrogen functional groups attached to an aromatic ring is 1. The van der Waals surface area contributed by atoms with Gasteiger partial charge in [-0.1, -0.05) is 30.3 Å². The number of rotatable bonds is 3. The van der Waals surface area contributed by atoms with Gasteiger partial charge >= 0.3 is 0 Å². The van der Waals surface area contributed by atoms with Gasteiger partial charge in [0, 0.05) is 0 Å². The molecule has 3 N–H and O–H groups in total. The molecule has 0 unspecified atom stereocenters. The van der Waals surface area contributed by atoms with Gasteiger partial charge in [-0.25, -0.2) is 15.8 Å². The summed E-state index contributed by atoms with van der Waals surface area (Å²) in [5.74, 6) is 7.21. The van der Waals surface area contributed by atoms with E-state index in [1.54, 1.807) is 11.3 Å². The fourth-order valence-electron chi connectivity index (χ4n) is 2.70. The Labute approximate surface area is 120 Å². The van der Waals surface area contributed by atoms with Gasteiger partial charge in [-0.15, -0.1) is 11.3 Å². The molecule has 0 spiro atoms. The van der Waals surface area contributed by atoms with Gasteiger partial charge in [0.15, 0.2) is 5.82 Å². The van der Waals surface area contributed by atoms with Crippen molar-refractivity contribution in [2.24, 2.45) is 5.84 Å². The van der Waals surface area contributed by atoms with Gasteiger partial charge < -0.3 is 5.43 Å². The van der Waals surface area contributed by atoms with Crippen LogP contribution in [0.3, 0.4) is 0 Å². The Balaban J connectivity index is 1.90. The van der Waals surface area contributed by atoms with Crippen molar-refractivity contribution in [1.29, 1.82) is 0 Å². The van der Waals surface area contributed by atoms with Crippen molar-refractivity contribution in [3.63, 3.8) is 0 Å². The van der Waals surface area contributed by atoms with E-state index in [9.17, 15) is 0 Å². The summed E-state index contributed by atoms with van der Waals surface area (Å²) in [6.45, 7) is 0. The Morgan fingerprint density at radius 3 is 2.60 bits per heavy atom. The van der Waals surface area contributed by atoms with Crippen LogP contribution in [0.15, 0.2) is 41.8 Å². The zero-order valence-corrected chi connectivity index (χ0v) is 11.7. The topological polar surface area (TPSA) is 63.8 Å². The normalized spacial score (nSPS) is 16.2. The quantitative estimate of drug-likeness (QED) is 0.572. The van der Waals surface area contributed by atoms with E-state index < -0.39 is 0 Å². The number of hydrogen-bond acceptors (Lipinski definition) is 5. The SMILES string of the molecule is NNc1nc(C2(c3ccccc3)CC2)nc2sccc12. The molecular formula is C15H14N4S. The van der Waals surface area contributed by atoms with E-state index in [0.717, 1.165) is 28.9 Å². The summed E-state index contributed by atoms with van der Waals surface area (Å²) in [6.07, 6.45) is 2.19. The fourth-order valence-corrected chi connectivity index (χ4v) is 3.47. The van der Waals surface area contributed by atoms with Crippen molar-refractivity contribution in [2.75, 3.05) is 5.43 Å². The lowest BCUT2D eigenvalue weighted by atomic mass is 9.95. The maximum absolute atomic E-state index is 5.61. The van der Waals surface area contributed by atoms with E-state index in [0.29, 0.717) is 5.82 Å². The Hall–Kier alpha value is -1.98. The molecule has 2 aromatic heterocycles. The summed E-state index contributed by atoms with van der Waals surface area (Å²) in [5.41, 5.74) is 3.97. The number of fused-ring (bicyclic) bond motifs is 1. The smallest absolute Gasteiger partial charge is 0.152 e. The predicted molar refractivity (Wildman–Crippen MR) is 81.7 cm³/mol. The third kappa shape index (κ3) is 1.63. The summed E-state index contributed by atoms with van der Waals surface area (Å²) < 4.78 is 0. The first-order valence-electron chi connectivity index (χ1n) is 6.61. The number of nitrogens with one attached hydrogen (secondary N) is 1. The molecule has 1 aliphatic carbocycles. The van der Waals surface area contributed by atoms with Crippen LogP contribution in [0.4, 0.5) is 5.82 Å². The number of hydrazine groups is 1. The Bertz CT molecular complexity index is 762. The molecule has 5 heteroatoms. The first-order chi connectivity index (χ1) is 9.83. The summed E-state index contributed by atoms with van der Waals surface area (Å²) in [4.78, 5) is 10.4. The Morgan fingerprint density at radius 2 is 1.90 bits per heavy atom. The number of aromatic nitrogens is 2. The number of hydrogen-bond donors (Lipinski definition) is 2. The molecule has 0 bridgehead atoms. The number of nitrogens with two attached hydrogens (primary N) is 1. The molecule has 1 aromatic carbocycles. The molecular weight excluding hydrogens is 268 g/mol. The van der Waals surface area contributed by atoms with Gasteiger partial charge in [0.1, 0.15) is 10.7 Å². The van der Waals surface area contributed by atoms with Gasteiger partial charge in [-0.2, -0.15) is 0 Å². The van der Waals surface area contributed by atoms with Crippen molar-refractivity contribution < 1.29 is 0 Å². The molecule has 1 saturated carbocycles. The molecule has 2 heterocycles. The molecule has 0 radical (unpaired) electrons. The lowest BCUT2D eigenvalue weighted by Crippen LogP contribution is -2.16. The van der Waals surface area contributed by atoms with Gasteiger partial charge in [0.25, 0.3) is 0 Å². The zero-order valence-electron chi connectivity index (χ0n) is 10.8. The third-order valence-corrected chi connectivity index (χ3v) is 4.77. The minimum absolute atomic E-state index is 0.0228. The monoisotopic (exact) mass is 282 g/mol. The van der Waals surface area contributed by atoms with Crippen LogP contribution in [0.25, 0.3) is 10.2 Å². The highest BCUT2D eigenvalue weighted by atomic mass is 32.1. The first kappa shape index (κ1) is 11.8. The van der Waals surface area contributed by atoms with E-state index in [-0.39, 0.29) is 5.41 Å². The van der Waals surface area contributed by atoms with E-state index in [1.807, 2.05) is 17.5 Å². The Morgan fingerprint density at radius 1 is 1.10 bits per heavy atom. The van der Waals surface area contributed by atoms with Crippen LogP contribution in [-0.4, -0.2) is 9.97 Å². The summed E-state index contributed by atoms with van der Waals surface area (Å²) >= 11 is 1.62. The third-order valence-electron chi connectivity index (χ3n) is 3.97. The van der Waals surface area contributed by atoms with E-state index in [4.69, 9.17) is 10.8 Å². The molecule has 0 saturated heterocycles. The van der Waals surface area contributed by atoms with Crippen LogP contribution >= 0.6 is 11.3 Å². The summed E-state index contributed by atoms with van der Waals surface area (Å²) in [7, 11) is 0. The molecule has 1 aliphatic rings. The van der Waals surface area contributed by atoms with Crippen LogP contribution in [0.1, 0.15) is 24.2 Å². The lowest BCUT2D eigenvalue weighted by molar-refractivity contribution is 0.765. The fraction of sp³-hybridized carbons (Fsp3) is 0.200. The highest BCUT2D eigenvalue weighted by Crippen LogP contribution is 2.52. The minimum Gasteiger partial charge on any atom is -0.308 e. The van der Waals surface area contributed by atoms with Crippen LogP contribution in [0, 0.1) is 0 Å². The highest BCUT2D eigenvalue weighted by Gasteiger charge is 2.48. The summed E-state index contributed by atoms with van der Waals surface area (Å²) in [5, 5.41) is 3.01. The van der Waals surface area contributed by atoms with Crippen molar-refractivity contribution in [3.8, 4) is 0 Å². The van der Waals surface area contributed by atoms with Crippen LogP contribution in [-0.2, 0) is 5.41 Å². The lowest BCUT2D eigenvalue weighted by Gasteiger charge is -2.15. The molecule has 0 amide bonds. The maximum atomic E-state index is 5.61.